The summed E-state index contributed by atoms with van der Waals surface area (Å²) in [7, 11) is 0. The number of alkyl halides is 13. The van der Waals surface area contributed by atoms with E-state index in [4.69, 9.17) is 0 Å². The molecule has 2 amide bonds. The maximum atomic E-state index is 13.7. The van der Waals surface area contributed by atoms with Gasteiger partial charge in [-0.25, -0.2) is 9.29 Å². The van der Waals surface area contributed by atoms with E-state index in [9.17, 15) is 66.7 Å². The van der Waals surface area contributed by atoms with Crippen LogP contribution < -0.4 is 0 Å². The number of carbonyl (C=O) groups is 2. The molecule has 3 nitrogen and oxygen atoms in total. The summed E-state index contributed by atoms with van der Waals surface area (Å²) in [6.45, 7) is 0.380. The molecule has 0 aromatic rings. The third-order valence-corrected chi connectivity index (χ3v) is 3.82. The van der Waals surface area contributed by atoms with Crippen molar-refractivity contribution in [1.29, 1.82) is 0 Å². The molecule has 1 atom stereocenters. The fourth-order valence-electron chi connectivity index (χ4n) is 2.06. The van der Waals surface area contributed by atoms with Crippen LogP contribution in [0.25, 0.3) is 0 Å². The van der Waals surface area contributed by atoms with Gasteiger partial charge in [-0.05, 0) is 6.42 Å². The second-order valence-electron chi connectivity index (χ2n) is 5.68. The lowest BCUT2D eigenvalue weighted by molar-refractivity contribution is -0.437. The topological polar surface area (TPSA) is 37.4 Å². The number of amides is 2. The number of rotatable bonds is 8. The quantitative estimate of drug-likeness (QED) is 0.308. The molecule has 0 saturated heterocycles. The van der Waals surface area contributed by atoms with E-state index in [1.54, 1.807) is 0 Å². The molecule has 168 valence electrons. The van der Waals surface area contributed by atoms with E-state index in [1.807, 2.05) is 0 Å². The predicted molar refractivity (Wildman–Crippen MR) is 65.9 cm³/mol. The summed E-state index contributed by atoms with van der Waals surface area (Å²) >= 11 is 0. The van der Waals surface area contributed by atoms with Crippen LogP contribution in [-0.2, 0) is 9.59 Å². The molecule has 0 aliphatic carbocycles. The highest BCUT2D eigenvalue weighted by Crippen LogP contribution is 2.61. The molecule has 16 heteroatoms. The number of hydrogen-bond acceptors (Lipinski definition) is 2. The molecular formula is C13H8F13NO2. The Bertz CT molecular complexity index is 697. The maximum absolute atomic E-state index is 13.7. The first-order chi connectivity index (χ1) is 12.7. The molecule has 0 bridgehead atoms. The minimum Gasteiger partial charge on any atom is -0.269 e. The molecule has 1 heterocycles. The molecular weight excluding hydrogens is 449 g/mol. The minimum absolute atomic E-state index is 0.166. The zero-order valence-corrected chi connectivity index (χ0v) is 13.6. The van der Waals surface area contributed by atoms with Crippen molar-refractivity contribution in [2.45, 2.75) is 55.2 Å². The Kier molecular flexibility index (Phi) is 5.82. The molecule has 29 heavy (non-hydrogen) atoms. The normalized spacial score (nSPS) is 18.6. The average molecular weight is 457 g/mol. The third kappa shape index (κ3) is 3.05. The van der Waals surface area contributed by atoms with Crippen LogP contribution in [0.5, 0.6) is 0 Å². The van der Waals surface area contributed by atoms with Gasteiger partial charge in [0.25, 0.3) is 11.8 Å². The Balaban J connectivity index is 3.57. The first-order valence-corrected chi connectivity index (χ1v) is 7.13. The Hall–Kier alpha value is -2.03. The number of imide groups is 1. The molecule has 0 N–H and O–H groups in total. The Morgan fingerprint density at radius 3 is 1.41 bits per heavy atom. The van der Waals surface area contributed by atoms with Crippen molar-refractivity contribution in [2.75, 3.05) is 0 Å². The minimum atomic E-state index is -8.01. The Morgan fingerprint density at radius 2 is 1.07 bits per heavy atom. The zero-order valence-electron chi connectivity index (χ0n) is 13.6. The molecule has 0 aromatic carbocycles. The van der Waals surface area contributed by atoms with Crippen molar-refractivity contribution >= 4 is 11.8 Å². The van der Waals surface area contributed by atoms with Gasteiger partial charge in [0.15, 0.2) is 6.17 Å². The molecule has 1 unspecified atom stereocenters. The molecule has 1 aliphatic heterocycles. The summed E-state index contributed by atoms with van der Waals surface area (Å²) in [5.74, 6) is -42.8. The predicted octanol–water partition coefficient (Wildman–Crippen LogP) is 4.43. The lowest BCUT2D eigenvalue weighted by Crippen LogP contribution is -2.74. The van der Waals surface area contributed by atoms with Crippen molar-refractivity contribution in [2.24, 2.45) is 0 Å². The van der Waals surface area contributed by atoms with E-state index in [1.165, 1.54) is 0 Å². The summed E-state index contributed by atoms with van der Waals surface area (Å²) in [4.78, 5) is 20.0. The van der Waals surface area contributed by atoms with Gasteiger partial charge in [0.1, 0.15) is 0 Å². The van der Waals surface area contributed by atoms with Crippen LogP contribution in [0.4, 0.5) is 57.1 Å². The van der Waals surface area contributed by atoms with E-state index in [2.05, 4.69) is 0 Å². The van der Waals surface area contributed by atoms with Crippen LogP contribution in [-0.4, -0.2) is 58.5 Å². The Labute approximate surface area is 152 Å². The fourth-order valence-corrected chi connectivity index (χ4v) is 2.06. The van der Waals surface area contributed by atoms with E-state index in [0.717, 1.165) is 0 Å². The zero-order chi connectivity index (χ0) is 23.4. The lowest BCUT2D eigenvalue weighted by Gasteiger charge is -2.42. The largest absolute Gasteiger partial charge is 0.404 e. The van der Waals surface area contributed by atoms with Crippen molar-refractivity contribution in [3.05, 3.63) is 12.2 Å². The summed E-state index contributed by atoms with van der Waals surface area (Å²) in [5, 5.41) is 0. The first-order valence-electron chi connectivity index (χ1n) is 7.13. The second kappa shape index (κ2) is 6.75. The van der Waals surface area contributed by atoms with Gasteiger partial charge in [-0.2, -0.15) is 52.7 Å². The average Bonchev–Trinajstić information content (AvgIpc) is 2.92. The van der Waals surface area contributed by atoms with Gasteiger partial charge in [-0.15, -0.1) is 0 Å². The van der Waals surface area contributed by atoms with Crippen molar-refractivity contribution in [3.8, 4) is 0 Å². The number of nitrogens with zero attached hydrogens (tertiary/aromatic N) is 1. The van der Waals surface area contributed by atoms with Gasteiger partial charge in [-0.1, -0.05) is 6.92 Å². The van der Waals surface area contributed by atoms with Crippen molar-refractivity contribution in [3.63, 3.8) is 0 Å². The van der Waals surface area contributed by atoms with Gasteiger partial charge in [0.2, 0.25) is 0 Å². The van der Waals surface area contributed by atoms with Crippen LogP contribution in [0.3, 0.4) is 0 Å². The van der Waals surface area contributed by atoms with Crippen LogP contribution >= 0.6 is 0 Å². The highest BCUT2D eigenvalue weighted by Gasteiger charge is 2.92. The highest BCUT2D eigenvalue weighted by molar-refractivity contribution is 6.13. The molecule has 1 rings (SSSR count). The molecule has 0 aromatic heterocycles. The van der Waals surface area contributed by atoms with Crippen LogP contribution in [0.15, 0.2) is 12.2 Å². The second-order valence-corrected chi connectivity index (χ2v) is 5.68. The number of carbonyl (C=O) groups excluding carboxylic acids is 2. The van der Waals surface area contributed by atoms with E-state index < -0.39 is 65.0 Å². The van der Waals surface area contributed by atoms with Gasteiger partial charge in [0.05, 0.1) is 0 Å². The van der Waals surface area contributed by atoms with E-state index >= 15 is 0 Å². The van der Waals surface area contributed by atoms with Crippen LogP contribution in [0, 0.1) is 0 Å². The highest BCUT2D eigenvalue weighted by atomic mass is 19.4. The molecule has 0 radical (unpaired) electrons. The van der Waals surface area contributed by atoms with Crippen LogP contribution in [0.1, 0.15) is 13.3 Å². The summed E-state index contributed by atoms with van der Waals surface area (Å²) < 4.78 is 175. The van der Waals surface area contributed by atoms with Gasteiger partial charge < -0.3 is 0 Å². The molecule has 0 fully saturated rings. The summed E-state index contributed by atoms with van der Waals surface area (Å²) in [6.07, 6.45) is -6.25. The van der Waals surface area contributed by atoms with Gasteiger partial charge >= 0.3 is 35.7 Å². The van der Waals surface area contributed by atoms with E-state index in [-0.39, 0.29) is 12.2 Å². The van der Waals surface area contributed by atoms with E-state index in [0.29, 0.717) is 6.92 Å². The monoisotopic (exact) mass is 457 g/mol. The SMILES string of the molecule is CCC(F)C(F)(F)C(F)(F)C(F)(F)C(F)(F)C(F)(F)C(F)(F)N1C(=O)C=CC1=O. The summed E-state index contributed by atoms with van der Waals surface area (Å²) in [5.41, 5.74) is 0. The Morgan fingerprint density at radius 1 is 0.724 bits per heavy atom. The van der Waals surface area contributed by atoms with Crippen molar-refractivity contribution in [1.82, 2.24) is 4.90 Å². The molecule has 1 aliphatic rings. The molecule has 0 saturated carbocycles. The lowest BCUT2D eigenvalue weighted by atomic mass is 9.90. The summed E-state index contributed by atoms with van der Waals surface area (Å²) in [6, 6.07) is -6.87. The smallest absolute Gasteiger partial charge is 0.269 e. The van der Waals surface area contributed by atoms with Gasteiger partial charge in [0, 0.05) is 12.2 Å². The van der Waals surface area contributed by atoms with Crippen LogP contribution in [0.2, 0.25) is 0 Å². The standard InChI is InChI=1S/C13H8F13NO2/c1-2-5(14)8(15,16)9(17,18)10(19,20)11(21,22)12(23,24)13(25,26)27-6(28)3-4-7(27)29/h3-5H,2H2,1H3. The molecule has 0 spiro atoms. The van der Waals surface area contributed by atoms with Crippen molar-refractivity contribution < 1.29 is 66.7 Å². The number of halogens is 13. The maximum Gasteiger partial charge on any atom is 0.404 e. The fraction of sp³-hybridized carbons (Fsp3) is 0.692. The van der Waals surface area contributed by atoms with Gasteiger partial charge in [-0.3, -0.25) is 9.59 Å². The third-order valence-electron chi connectivity index (χ3n) is 3.82. The first kappa shape index (κ1) is 25.0. The number of hydrogen-bond donors (Lipinski definition) is 0.